The molecule has 0 spiro atoms. The van der Waals surface area contributed by atoms with Crippen molar-refractivity contribution in [2.45, 2.75) is 81.8 Å². The minimum atomic E-state index is -5.09. The van der Waals surface area contributed by atoms with Gasteiger partial charge in [0.25, 0.3) is 5.92 Å². The van der Waals surface area contributed by atoms with Crippen molar-refractivity contribution in [1.82, 2.24) is 21.3 Å². The van der Waals surface area contributed by atoms with Gasteiger partial charge >= 0.3 is 18.2 Å². The summed E-state index contributed by atoms with van der Waals surface area (Å²) in [6.45, 7) is 0.258. The largest absolute Gasteiger partial charge is 0.522 e. The van der Waals surface area contributed by atoms with Crippen molar-refractivity contribution in [3.8, 4) is 0 Å². The second kappa shape index (κ2) is 10.9. The van der Waals surface area contributed by atoms with Gasteiger partial charge in [-0.05, 0) is 32.1 Å². The Labute approximate surface area is 208 Å². The Morgan fingerprint density at radius 1 is 1.03 bits per heavy atom. The van der Waals surface area contributed by atoms with Gasteiger partial charge in [0.1, 0.15) is 12.6 Å². The second-order valence-corrected chi connectivity index (χ2v) is 10.2. The Morgan fingerprint density at radius 3 is 2.19 bits per heavy atom. The van der Waals surface area contributed by atoms with Crippen LogP contribution in [0, 0.1) is 11.8 Å². The summed E-state index contributed by atoms with van der Waals surface area (Å²) in [5.74, 6) is -8.61. The molecule has 1 heterocycles. The highest BCUT2D eigenvalue weighted by Crippen LogP contribution is 2.45. The molecule has 0 unspecified atom stereocenters. The number of alkyl halides is 5. The number of ketones is 1. The lowest BCUT2D eigenvalue weighted by Gasteiger charge is -2.45. The Hall–Kier alpha value is -2.84. The molecule has 1 saturated heterocycles. The number of ether oxygens (including phenoxy) is 1. The molecule has 4 N–H and O–H groups in total. The third kappa shape index (κ3) is 8.61. The average molecular weight is 540 g/mol. The summed E-state index contributed by atoms with van der Waals surface area (Å²) in [7, 11) is 0. The van der Waals surface area contributed by atoms with E-state index in [1.54, 1.807) is 0 Å². The van der Waals surface area contributed by atoms with Crippen LogP contribution >= 0.6 is 0 Å². The molecule has 2 saturated carbocycles. The zero-order valence-electron chi connectivity index (χ0n) is 20.0. The lowest BCUT2D eigenvalue weighted by Crippen LogP contribution is -2.63. The number of carbonyl (C=O) groups is 5. The highest BCUT2D eigenvalue weighted by Gasteiger charge is 2.55. The molecule has 3 fully saturated rings. The van der Waals surface area contributed by atoms with Gasteiger partial charge in [-0.3, -0.25) is 28.7 Å². The van der Waals surface area contributed by atoms with E-state index in [9.17, 15) is 45.9 Å². The summed E-state index contributed by atoms with van der Waals surface area (Å²) in [6.07, 6.45) is -4.80. The molecule has 10 nitrogen and oxygen atoms in total. The first-order valence-corrected chi connectivity index (χ1v) is 11.9. The summed E-state index contributed by atoms with van der Waals surface area (Å²) in [5, 5.41) is 9.28. The maximum Gasteiger partial charge on any atom is 0.522 e. The molecule has 0 bridgehead atoms. The lowest BCUT2D eigenvalue weighted by molar-refractivity contribution is -0.321. The van der Waals surface area contributed by atoms with Crippen LogP contribution in [0.1, 0.15) is 51.9 Å². The van der Waals surface area contributed by atoms with E-state index >= 15 is 0 Å². The SMILES string of the molecule is CC1(NC(=O)C(=O)N[C@@H](CC2CC2)C(=O)N[C@@H](C[C@@H]2CCNC2=O)C(=O)COC(F)(F)F)CC(F)(F)C1. The van der Waals surface area contributed by atoms with Gasteiger partial charge < -0.3 is 21.3 Å². The Balaban J connectivity index is 1.65. The fourth-order valence-electron chi connectivity index (χ4n) is 4.60. The summed E-state index contributed by atoms with van der Waals surface area (Å²) >= 11 is 0. The van der Waals surface area contributed by atoms with Crippen molar-refractivity contribution < 1.29 is 50.7 Å². The van der Waals surface area contributed by atoms with Crippen molar-refractivity contribution in [2.24, 2.45) is 11.8 Å². The molecule has 3 aliphatic rings. The number of nitrogens with one attached hydrogen (secondary N) is 4. The summed E-state index contributed by atoms with van der Waals surface area (Å²) < 4.78 is 67.3. The van der Waals surface area contributed by atoms with Gasteiger partial charge in [0.05, 0.1) is 6.04 Å². The minimum Gasteiger partial charge on any atom is -0.356 e. The first kappa shape index (κ1) is 28.7. The van der Waals surface area contributed by atoms with Gasteiger partial charge in [-0.15, -0.1) is 13.2 Å². The minimum absolute atomic E-state index is 0.0327. The van der Waals surface area contributed by atoms with Crippen molar-refractivity contribution in [3.63, 3.8) is 0 Å². The molecule has 15 heteroatoms. The molecule has 3 rings (SSSR count). The van der Waals surface area contributed by atoms with Crippen molar-refractivity contribution in [1.29, 1.82) is 0 Å². The van der Waals surface area contributed by atoms with Crippen LogP contribution < -0.4 is 21.3 Å². The molecular weight excluding hydrogens is 511 g/mol. The standard InChI is InChI=1S/C22H29F5N4O6/c1-20(9-21(23,24)10-20)31-19(36)18(35)30-14(6-11-2-3-11)17(34)29-13(7-12-4-5-28-16(12)33)15(32)8-37-22(25,26)27/h11-14H,2-10H2,1H3,(H,28,33)(H,29,34)(H,30,35)(H,31,36)/t12-,13-,14-/m0/s1. The summed E-state index contributed by atoms with van der Waals surface area (Å²) in [6, 6.07) is -2.84. The molecule has 208 valence electrons. The van der Waals surface area contributed by atoms with Crippen LogP contribution in [0.5, 0.6) is 0 Å². The van der Waals surface area contributed by atoms with Crippen LogP contribution in [0.25, 0.3) is 0 Å². The van der Waals surface area contributed by atoms with E-state index in [-0.39, 0.29) is 18.8 Å². The van der Waals surface area contributed by atoms with Gasteiger partial charge in [-0.25, -0.2) is 8.78 Å². The maximum atomic E-state index is 13.2. The number of halogens is 5. The normalized spacial score (nSPS) is 23.7. The molecule has 0 aromatic carbocycles. The highest BCUT2D eigenvalue weighted by molar-refractivity contribution is 6.35. The Morgan fingerprint density at radius 2 is 1.68 bits per heavy atom. The number of rotatable bonds is 11. The van der Waals surface area contributed by atoms with Crippen LogP contribution in [-0.2, 0) is 28.7 Å². The van der Waals surface area contributed by atoms with E-state index in [0.29, 0.717) is 13.0 Å². The molecule has 37 heavy (non-hydrogen) atoms. The number of hydrogen-bond donors (Lipinski definition) is 4. The molecular formula is C22H29F5N4O6. The van der Waals surface area contributed by atoms with Gasteiger partial charge in [0.15, 0.2) is 5.78 Å². The Kier molecular flexibility index (Phi) is 8.44. The van der Waals surface area contributed by atoms with E-state index in [1.807, 2.05) is 0 Å². The molecule has 1 aliphatic heterocycles. The monoisotopic (exact) mass is 540 g/mol. The lowest BCUT2D eigenvalue weighted by atomic mass is 9.75. The van der Waals surface area contributed by atoms with Crippen LogP contribution in [0.2, 0.25) is 0 Å². The first-order chi connectivity index (χ1) is 17.1. The van der Waals surface area contributed by atoms with E-state index in [1.165, 1.54) is 6.92 Å². The molecule has 4 amide bonds. The van der Waals surface area contributed by atoms with Crippen LogP contribution in [0.3, 0.4) is 0 Å². The zero-order valence-corrected chi connectivity index (χ0v) is 20.0. The predicted molar refractivity (Wildman–Crippen MR) is 115 cm³/mol. The molecule has 3 atom stereocenters. The van der Waals surface area contributed by atoms with Crippen LogP contribution in [0.4, 0.5) is 22.0 Å². The van der Waals surface area contributed by atoms with E-state index < -0.39 is 84.7 Å². The topological polar surface area (TPSA) is 143 Å². The molecule has 0 aromatic rings. The number of carbonyl (C=O) groups excluding carboxylic acids is 5. The van der Waals surface area contributed by atoms with Crippen molar-refractivity contribution >= 4 is 29.4 Å². The highest BCUT2D eigenvalue weighted by atomic mass is 19.4. The Bertz CT molecular complexity index is 931. The van der Waals surface area contributed by atoms with Gasteiger partial charge in [-0.1, -0.05) is 12.8 Å². The van der Waals surface area contributed by atoms with Crippen LogP contribution in [-0.4, -0.2) is 72.5 Å². The number of amides is 4. The first-order valence-electron chi connectivity index (χ1n) is 11.9. The van der Waals surface area contributed by atoms with Crippen molar-refractivity contribution in [3.05, 3.63) is 0 Å². The van der Waals surface area contributed by atoms with Gasteiger partial charge in [0, 0.05) is 30.8 Å². The van der Waals surface area contributed by atoms with Gasteiger partial charge in [-0.2, -0.15) is 0 Å². The molecule has 0 aromatic heterocycles. The van der Waals surface area contributed by atoms with E-state index in [2.05, 4.69) is 26.0 Å². The van der Waals surface area contributed by atoms with E-state index in [0.717, 1.165) is 12.8 Å². The number of Topliss-reactive ketones (excluding diaryl/α,β-unsaturated/α-hetero) is 1. The quantitative estimate of drug-likeness (QED) is 0.224. The predicted octanol–water partition coefficient (Wildman–Crippen LogP) is 0.692. The fraction of sp³-hybridized carbons (Fsp3) is 0.773. The average Bonchev–Trinajstić information content (AvgIpc) is 3.48. The third-order valence-corrected chi connectivity index (χ3v) is 6.57. The van der Waals surface area contributed by atoms with Crippen molar-refractivity contribution in [2.75, 3.05) is 13.2 Å². The molecule has 0 radical (unpaired) electrons. The maximum absolute atomic E-state index is 13.2. The third-order valence-electron chi connectivity index (χ3n) is 6.57. The fourth-order valence-corrected chi connectivity index (χ4v) is 4.60. The summed E-state index contributed by atoms with van der Waals surface area (Å²) in [4.78, 5) is 62.1. The van der Waals surface area contributed by atoms with Gasteiger partial charge in [0.2, 0.25) is 11.8 Å². The molecule has 2 aliphatic carbocycles. The van der Waals surface area contributed by atoms with E-state index in [4.69, 9.17) is 0 Å². The van der Waals surface area contributed by atoms with Crippen LogP contribution in [0.15, 0.2) is 0 Å². The zero-order chi connectivity index (χ0) is 27.6. The number of hydrogen-bond acceptors (Lipinski definition) is 6. The smallest absolute Gasteiger partial charge is 0.356 e. The summed E-state index contributed by atoms with van der Waals surface area (Å²) in [5.41, 5.74) is -1.29. The second-order valence-electron chi connectivity index (χ2n) is 10.2.